The maximum atomic E-state index is 13.7. The monoisotopic (exact) mass is 543 g/mol. The van der Waals surface area contributed by atoms with Gasteiger partial charge in [-0.1, -0.05) is 30.3 Å². The standard InChI is InChI=1S/C28H31F2N3O4S/c1-20(27(35)31-28(2,3)4)32(18-21-10-12-22(29)13-11-21)26(34)19-33(24-16-14-23(30)15-17-24)38(36,37)25-8-6-5-7-9-25/h5-17,20H,18-19H2,1-4H3,(H,31,35). The fourth-order valence-corrected chi connectivity index (χ4v) is 5.13. The summed E-state index contributed by atoms with van der Waals surface area (Å²) in [6.45, 7) is 6.21. The Labute approximate surface area is 222 Å². The average molecular weight is 544 g/mol. The number of anilines is 1. The highest BCUT2D eigenvalue weighted by Crippen LogP contribution is 2.25. The van der Waals surface area contributed by atoms with Crippen LogP contribution in [0.2, 0.25) is 0 Å². The van der Waals surface area contributed by atoms with Crippen molar-refractivity contribution >= 4 is 27.5 Å². The molecule has 0 aromatic heterocycles. The quantitative estimate of drug-likeness (QED) is 0.431. The van der Waals surface area contributed by atoms with Gasteiger partial charge in [-0.05, 0) is 81.8 Å². The molecule has 0 spiro atoms. The van der Waals surface area contributed by atoms with Crippen LogP contribution in [0.4, 0.5) is 14.5 Å². The third-order valence-electron chi connectivity index (χ3n) is 5.66. The summed E-state index contributed by atoms with van der Waals surface area (Å²) in [5.41, 5.74) is 0.0544. The Morgan fingerprint density at radius 2 is 1.39 bits per heavy atom. The van der Waals surface area contributed by atoms with Crippen molar-refractivity contribution in [2.45, 2.75) is 50.7 Å². The van der Waals surface area contributed by atoms with Crippen molar-refractivity contribution < 1.29 is 26.8 Å². The summed E-state index contributed by atoms with van der Waals surface area (Å²) in [5, 5.41) is 2.83. The van der Waals surface area contributed by atoms with Gasteiger partial charge in [-0.3, -0.25) is 13.9 Å². The molecule has 0 bridgehead atoms. The molecule has 0 saturated heterocycles. The number of carbonyl (C=O) groups is 2. The molecule has 0 heterocycles. The first kappa shape index (κ1) is 28.8. The van der Waals surface area contributed by atoms with Crippen LogP contribution in [0.25, 0.3) is 0 Å². The summed E-state index contributed by atoms with van der Waals surface area (Å²) in [4.78, 5) is 28.0. The molecule has 7 nitrogen and oxygen atoms in total. The number of sulfonamides is 1. The van der Waals surface area contributed by atoms with E-state index in [4.69, 9.17) is 0 Å². The zero-order valence-electron chi connectivity index (χ0n) is 21.7. The maximum absolute atomic E-state index is 13.7. The minimum atomic E-state index is -4.24. The maximum Gasteiger partial charge on any atom is 0.264 e. The largest absolute Gasteiger partial charge is 0.350 e. The van der Waals surface area contributed by atoms with Crippen LogP contribution >= 0.6 is 0 Å². The number of hydrogen-bond donors (Lipinski definition) is 1. The van der Waals surface area contributed by atoms with E-state index in [2.05, 4.69) is 5.32 Å². The summed E-state index contributed by atoms with van der Waals surface area (Å²) in [6, 6.07) is 16.8. The molecular formula is C28H31F2N3O4S. The van der Waals surface area contributed by atoms with Gasteiger partial charge >= 0.3 is 0 Å². The number of nitrogens with one attached hydrogen (secondary N) is 1. The molecule has 0 aliphatic rings. The molecule has 10 heteroatoms. The zero-order chi connectivity index (χ0) is 28.1. The van der Waals surface area contributed by atoms with Gasteiger partial charge in [0.25, 0.3) is 10.0 Å². The third kappa shape index (κ3) is 7.38. The summed E-state index contributed by atoms with van der Waals surface area (Å²) < 4.78 is 55.2. The minimum absolute atomic E-state index is 0.0549. The fourth-order valence-electron chi connectivity index (χ4n) is 3.70. The van der Waals surface area contributed by atoms with Gasteiger partial charge in [-0.2, -0.15) is 0 Å². The van der Waals surface area contributed by atoms with Crippen LogP contribution in [0, 0.1) is 11.6 Å². The van der Waals surface area contributed by atoms with Crippen molar-refractivity contribution in [2.24, 2.45) is 0 Å². The smallest absolute Gasteiger partial charge is 0.264 e. The molecule has 0 radical (unpaired) electrons. The van der Waals surface area contributed by atoms with Gasteiger partial charge in [0.15, 0.2) is 0 Å². The van der Waals surface area contributed by atoms with E-state index in [1.165, 1.54) is 60.4 Å². The number of benzene rings is 3. The van der Waals surface area contributed by atoms with Crippen molar-refractivity contribution in [3.63, 3.8) is 0 Å². The third-order valence-corrected chi connectivity index (χ3v) is 7.44. The lowest BCUT2D eigenvalue weighted by molar-refractivity contribution is -0.140. The second kappa shape index (κ2) is 11.7. The van der Waals surface area contributed by atoms with E-state index in [0.29, 0.717) is 5.56 Å². The van der Waals surface area contributed by atoms with Crippen molar-refractivity contribution in [3.05, 3.63) is 96.1 Å². The first-order valence-electron chi connectivity index (χ1n) is 12.0. The van der Waals surface area contributed by atoms with Crippen molar-refractivity contribution in [1.29, 1.82) is 0 Å². The van der Waals surface area contributed by atoms with E-state index in [0.717, 1.165) is 16.4 Å². The van der Waals surface area contributed by atoms with Crippen LogP contribution in [0.3, 0.4) is 0 Å². The molecule has 2 amide bonds. The molecule has 3 rings (SSSR count). The summed E-state index contributed by atoms with van der Waals surface area (Å²) in [7, 11) is -4.24. The topological polar surface area (TPSA) is 86.8 Å². The first-order valence-corrected chi connectivity index (χ1v) is 13.4. The van der Waals surface area contributed by atoms with E-state index in [1.807, 2.05) is 0 Å². The van der Waals surface area contributed by atoms with Crippen molar-refractivity contribution in [3.8, 4) is 0 Å². The van der Waals surface area contributed by atoms with Gasteiger partial charge in [0.05, 0.1) is 10.6 Å². The Hall–Kier alpha value is -3.79. The second-order valence-electron chi connectivity index (χ2n) is 9.86. The molecule has 3 aromatic rings. The van der Waals surface area contributed by atoms with E-state index in [1.54, 1.807) is 39.0 Å². The molecule has 1 atom stereocenters. The zero-order valence-corrected chi connectivity index (χ0v) is 22.5. The van der Waals surface area contributed by atoms with Crippen LogP contribution in [0.15, 0.2) is 83.8 Å². The number of amides is 2. The molecule has 202 valence electrons. The molecule has 0 fully saturated rings. The molecule has 0 aliphatic carbocycles. The molecule has 38 heavy (non-hydrogen) atoms. The van der Waals surface area contributed by atoms with E-state index < -0.39 is 51.6 Å². The van der Waals surface area contributed by atoms with Gasteiger partial charge in [0.2, 0.25) is 11.8 Å². The van der Waals surface area contributed by atoms with Gasteiger partial charge < -0.3 is 10.2 Å². The highest BCUT2D eigenvalue weighted by molar-refractivity contribution is 7.92. The van der Waals surface area contributed by atoms with Crippen LogP contribution in [-0.4, -0.2) is 43.3 Å². The van der Waals surface area contributed by atoms with Crippen LogP contribution in [0.1, 0.15) is 33.3 Å². The Kier molecular flexibility index (Phi) is 8.88. The van der Waals surface area contributed by atoms with E-state index in [-0.39, 0.29) is 17.1 Å². The average Bonchev–Trinajstić information content (AvgIpc) is 2.86. The van der Waals surface area contributed by atoms with Crippen molar-refractivity contribution in [1.82, 2.24) is 10.2 Å². The van der Waals surface area contributed by atoms with Gasteiger partial charge in [0, 0.05) is 12.1 Å². The van der Waals surface area contributed by atoms with Gasteiger partial charge in [0.1, 0.15) is 24.2 Å². The molecule has 1 unspecified atom stereocenters. The Balaban J connectivity index is 2.01. The number of halogens is 2. The van der Waals surface area contributed by atoms with Gasteiger partial charge in [-0.15, -0.1) is 0 Å². The number of rotatable bonds is 9. The SMILES string of the molecule is CC(C(=O)NC(C)(C)C)N(Cc1ccc(F)cc1)C(=O)CN(c1ccc(F)cc1)S(=O)(=O)c1ccccc1. The Morgan fingerprint density at radius 3 is 1.92 bits per heavy atom. The van der Waals surface area contributed by atoms with E-state index >= 15 is 0 Å². The normalized spacial score (nSPS) is 12.5. The number of carbonyl (C=O) groups excluding carboxylic acids is 2. The summed E-state index contributed by atoms with van der Waals surface area (Å²) in [5.74, 6) is -2.13. The summed E-state index contributed by atoms with van der Waals surface area (Å²) in [6.07, 6.45) is 0. The lowest BCUT2D eigenvalue weighted by Gasteiger charge is -2.33. The highest BCUT2D eigenvalue weighted by Gasteiger charge is 2.33. The molecular weight excluding hydrogens is 512 g/mol. The fraction of sp³-hybridized carbons (Fsp3) is 0.286. The lowest BCUT2D eigenvalue weighted by Crippen LogP contribution is -2.54. The molecule has 3 aromatic carbocycles. The minimum Gasteiger partial charge on any atom is -0.350 e. The summed E-state index contributed by atoms with van der Waals surface area (Å²) >= 11 is 0. The molecule has 0 saturated carbocycles. The first-order chi connectivity index (χ1) is 17.8. The van der Waals surface area contributed by atoms with E-state index in [9.17, 15) is 26.8 Å². The van der Waals surface area contributed by atoms with Crippen LogP contribution in [-0.2, 0) is 26.2 Å². The van der Waals surface area contributed by atoms with Crippen LogP contribution in [0.5, 0.6) is 0 Å². The Morgan fingerprint density at radius 1 is 0.868 bits per heavy atom. The Bertz CT molecular complexity index is 1360. The predicted octanol–water partition coefficient (Wildman–Crippen LogP) is 4.49. The lowest BCUT2D eigenvalue weighted by atomic mass is 10.1. The number of hydrogen-bond acceptors (Lipinski definition) is 4. The number of nitrogens with zero attached hydrogens (tertiary/aromatic N) is 2. The predicted molar refractivity (Wildman–Crippen MR) is 142 cm³/mol. The van der Waals surface area contributed by atoms with Gasteiger partial charge in [-0.25, -0.2) is 17.2 Å². The highest BCUT2D eigenvalue weighted by atomic mass is 32.2. The second-order valence-corrected chi connectivity index (χ2v) is 11.7. The molecule has 1 N–H and O–H groups in total. The van der Waals surface area contributed by atoms with Crippen molar-refractivity contribution in [2.75, 3.05) is 10.8 Å². The molecule has 0 aliphatic heterocycles. The van der Waals surface area contributed by atoms with Crippen LogP contribution < -0.4 is 9.62 Å².